The summed E-state index contributed by atoms with van der Waals surface area (Å²) in [4.78, 5) is 12.0. The minimum atomic E-state index is -3.61. The molecular weight excluding hydrogens is 352 g/mol. The Bertz CT molecular complexity index is 805. The molecule has 0 aliphatic carbocycles. The van der Waals surface area contributed by atoms with Gasteiger partial charge < -0.3 is 10.1 Å². The topological polar surface area (TPSA) is 84.5 Å². The molecule has 1 atom stereocenters. The molecule has 2 rings (SSSR count). The van der Waals surface area contributed by atoms with Crippen molar-refractivity contribution in [3.8, 4) is 5.75 Å². The number of sulfonamides is 1. The van der Waals surface area contributed by atoms with E-state index in [9.17, 15) is 13.2 Å². The summed E-state index contributed by atoms with van der Waals surface area (Å²) in [6.07, 6.45) is 0. The molecule has 0 saturated heterocycles. The van der Waals surface area contributed by atoms with Crippen LogP contribution in [0.5, 0.6) is 5.75 Å². The van der Waals surface area contributed by atoms with Crippen LogP contribution in [0.4, 0.5) is 0 Å². The number of rotatable bonds is 9. The van der Waals surface area contributed by atoms with Crippen LogP contribution in [0.3, 0.4) is 0 Å². The molecule has 1 amide bonds. The van der Waals surface area contributed by atoms with E-state index in [1.165, 1.54) is 0 Å². The Morgan fingerprint density at radius 2 is 1.73 bits per heavy atom. The molecule has 2 aromatic carbocycles. The molecule has 0 aliphatic heterocycles. The Morgan fingerprint density at radius 3 is 2.35 bits per heavy atom. The Labute approximate surface area is 154 Å². The van der Waals surface area contributed by atoms with Crippen molar-refractivity contribution in [2.45, 2.75) is 25.6 Å². The van der Waals surface area contributed by atoms with Crippen LogP contribution in [-0.4, -0.2) is 27.5 Å². The first-order chi connectivity index (χ1) is 12.4. The Balaban J connectivity index is 1.84. The SMILES string of the molecule is CCOc1ccc(CS(=O)(=O)NCC(=O)NC(C)c2ccccc2)cc1. The molecule has 0 bridgehead atoms. The van der Waals surface area contributed by atoms with Gasteiger partial charge in [0.15, 0.2) is 0 Å². The molecule has 2 N–H and O–H groups in total. The lowest BCUT2D eigenvalue weighted by atomic mass is 10.1. The van der Waals surface area contributed by atoms with Crippen LogP contribution in [-0.2, 0) is 20.6 Å². The van der Waals surface area contributed by atoms with E-state index >= 15 is 0 Å². The van der Waals surface area contributed by atoms with Gasteiger partial charge in [-0.3, -0.25) is 4.79 Å². The monoisotopic (exact) mass is 376 g/mol. The predicted molar refractivity (Wildman–Crippen MR) is 101 cm³/mol. The second-order valence-electron chi connectivity index (χ2n) is 5.86. The number of carbonyl (C=O) groups excluding carboxylic acids is 1. The highest BCUT2D eigenvalue weighted by Crippen LogP contribution is 2.14. The molecule has 0 saturated carbocycles. The van der Waals surface area contributed by atoms with E-state index in [4.69, 9.17) is 4.74 Å². The minimum Gasteiger partial charge on any atom is -0.494 e. The Hall–Kier alpha value is -2.38. The minimum absolute atomic E-state index is 0.194. The first kappa shape index (κ1) is 19.9. The van der Waals surface area contributed by atoms with Gasteiger partial charge in [0.2, 0.25) is 15.9 Å². The molecule has 7 heteroatoms. The van der Waals surface area contributed by atoms with Crippen LogP contribution in [0.15, 0.2) is 54.6 Å². The van der Waals surface area contributed by atoms with Crippen molar-refractivity contribution >= 4 is 15.9 Å². The maximum atomic E-state index is 12.1. The van der Waals surface area contributed by atoms with Gasteiger partial charge in [0.1, 0.15) is 5.75 Å². The summed E-state index contributed by atoms with van der Waals surface area (Å²) in [5.74, 6) is 0.119. The number of nitrogens with one attached hydrogen (secondary N) is 2. The van der Waals surface area contributed by atoms with E-state index in [0.717, 1.165) is 5.56 Å². The van der Waals surface area contributed by atoms with E-state index < -0.39 is 10.0 Å². The van der Waals surface area contributed by atoms with Crippen molar-refractivity contribution in [1.82, 2.24) is 10.0 Å². The van der Waals surface area contributed by atoms with Crippen molar-refractivity contribution in [1.29, 1.82) is 0 Å². The first-order valence-corrected chi connectivity index (χ1v) is 10.1. The summed E-state index contributed by atoms with van der Waals surface area (Å²) in [5, 5.41) is 2.77. The van der Waals surface area contributed by atoms with E-state index in [-0.39, 0.29) is 24.2 Å². The third-order valence-corrected chi connectivity index (χ3v) is 5.02. The number of ether oxygens (including phenoxy) is 1. The van der Waals surface area contributed by atoms with E-state index in [2.05, 4.69) is 10.0 Å². The van der Waals surface area contributed by atoms with Crippen LogP contribution in [0.25, 0.3) is 0 Å². The second kappa shape index (κ2) is 9.35. The number of benzene rings is 2. The average Bonchev–Trinajstić information content (AvgIpc) is 2.62. The molecular formula is C19H24N2O4S. The van der Waals surface area contributed by atoms with E-state index in [1.807, 2.05) is 44.2 Å². The van der Waals surface area contributed by atoms with Gasteiger partial charge in [0, 0.05) is 0 Å². The van der Waals surface area contributed by atoms with Gasteiger partial charge in [0.25, 0.3) is 0 Å². The van der Waals surface area contributed by atoms with Crippen molar-refractivity contribution in [2.24, 2.45) is 0 Å². The predicted octanol–water partition coefficient (Wildman–Crippen LogP) is 2.38. The number of carbonyl (C=O) groups is 1. The molecule has 1 unspecified atom stereocenters. The fourth-order valence-electron chi connectivity index (χ4n) is 2.41. The van der Waals surface area contributed by atoms with Crippen LogP contribution in [0.1, 0.15) is 31.0 Å². The fraction of sp³-hybridized carbons (Fsp3) is 0.316. The molecule has 0 spiro atoms. The van der Waals surface area contributed by atoms with Gasteiger partial charge in [-0.1, -0.05) is 42.5 Å². The quantitative estimate of drug-likeness (QED) is 0.704. The van der Waals surface area contributed by atoms with Gasteiger partial charge in [-0.15, -0.1) is 0 Å². The van der Waals surface area contributed by atoms with Gasteiger partial charge in [-0.2, -0.15) is 0 Å². The smallest absolute Gasteiger partial charge is 0.235 e. The molecule has 26 heavy (non-hydrogen) atoms. The summed E-state index contributed by atoms with van der Waals surface area (Å²) >= 11 is 0. The molecule has 6 nitrogen and oxygen atoms in total. The summed E-state index contributed by atoms with van der Waals surface area (Å²) in [6, 6.07) is 16.1. The summed E-state index contributed by atoms with van der Waals surface area (Å²) in [6.45, 7) is 3.99. The highest BCUT2D eigenvalue weighted by molar-refractivity contribution is 7.88. The number of hydrogen-bond donors (Lipinski definition) is 2. The van der Waals surface area contributed by atoms with Crippen molar-refractivity contribution in [3.63, 3.8) is 0 Å². The standard InChI is InChI=1S/C19H24N2O4S/c1-3-25-18-11-9-16(10-12-18)14-26(23,24)20-13-19(22)21-15(2)17-7-5-4-6-8-17/h4-12,15,20H,3,13-14H2,1-2H3,(H,21,22). The largest absolute Gasteiger partial charge is 0.494 e. The number of amides is 1. The van der Waals surface area contributed by atoms with Crippen LogP contribution < -0.4 is 14.8 Å². The third-order valence-electron chi connectivity index (χ3n) is 3.72. The Kier molecular flexibility index (Phi) is 7.17. The lowest BCUT2D eigenvalue weighted by Gasteiger charge is -2.14. The lowest BCUT2D eigenvalue weighted by molar-refractivity contribution is -0.120. The average molecular weight is 376 g/mol. The third kappa shape index (κ3) is 6.50. The van der Waals surface area contributed by atoms with E-state index in [0.29, 0.717) is 17.9 Å². The molecule has 0 fully saturated rings. The fourth-order valence-corrected chi connectivity index (χ4v) is 3.50. The highest BCUT2D eigenvalue weighted by atomic mass is 32.2. The van der Waals surface area contributed by atoms with Gasteiger partial charge in [-0.25, -0.2) is 13.1 Å². The summed E-state index contributed by atoms with van der Waals surface area (Å²) < 4.78 is 32.0. The zero-order valence-corrected chi connectivity index (χ0v) is 15.8. The zero-order chi connectivity index (χ0) is 19.0. The van der Waals surface area contributed by atoms with Gasteiger partial charge in [-0.05, 0) is 37.1 Å². The van der Waals surface area contributed by atoms with Gasteiger partial charge in [0.05, 0.1) is 24.9 Å². The van der Waals surface area contributed by atoms with Crippen LogP contribution in [0, 0.1) is 0 Å². The van der Waals surface area contributed by atoms with Crippen molar-refractivity contribution < 1.29 is 17.9 Å². The van der Waals surface area contributed by atoms with E-state index in [1.54, 1.807) is 24.3 Å². The maximum absolute atomic E-state index is 12.1. The zero-order valence-electron chi connectivity index (χ0n) is 14.9. The summed E-state index contributed by atoms with van der Waals surface area (Å²) in [5.41, 5.74) is 1.58. The first-order valence-electron chi connectivity index (χ1n) is 8.43. The van der Waals surface area contributed by atoms with Crippen LogP contribution in [0.2, 0.25) is 0 Å². The highest BCUT2D eigenvalue weighted by Gasteiger charge is 2.15. The van der Waals surface area contributed by atoms with Crippen LogP contribution >= 0.6 is 0 Å². The summed E-state index contributed by atoms with van der Waals surface area (Å²) in [7, 11) is -3.61. The Morgan fingerprint density at radius 1 is 1.08 bits per heavy atom. The molecule has 0 radical (unpaired) electrons. The normalized spacial score (nSPS) is 12.4. The molecule has 0 aromatic heterocycles. The lowest BCUT2D eigenvalue weighted by Crippen LogP contribution is -2.38. The molecule has 0 aliphatic rings. The maximum Gasteiger partial charge on any atom is 0.235 e. The molecule has 140 valence electrons. The second-order valence-corrected chi connectivity index (χ2v) is 7.66. The number of hydrogen-bond acceptors (Lipinski definition) is 4. The van der Waals surface area contributed by atoms with Crippen molar-refractivity contribution in [3.05, 3.63) is 65.7 Å². The van der Waals surface area contributed by atoms with Crippen molar-refractivity contribution in [2.75, 3.05) is 13.2 Å². The molecule has 0 heterocycles. The van der Waals surface area contributed by atoms with Gasteiger partial charge >= 0.3 is 0 Å². The molecule has 2 aromatic rings.